The van der Waals surface area contributed by atoms with Gasteiger partial charge in [-0.1, -0.05) is 0 Å². The number of nitrogens with zero attached hydrogens (tertiary/aromatic N) is 3. The maximum atomic E-state index is 12.1. The molecule has 0 radical (unpaired) electrons. The van der Waals surface area contributed by atoms with Gasteiger partial charge in [0.1, 0.15) is 5.82 Å². The van der Waals surface area contributed by atoms with Crippen LogP contribution >= 0.6 is 0 Å². The van der Waals surface area contributed by atoms with Crippen LogP contribution in [0.2, 0.25) is 0 Å². The third-order valence-electron chi connectivity index (χ3n) is 3.44. The summed E-state index contributed by atoms with van der Waals surface area (Å²) in [4.78, 5) is 13.2. The molecule has 1 aromatic rings. The van der Waals surface area contributed by atoms with Crippen molar-refractivity contribution in [1.29, 1.82) is 0 Å². The first-order valence-corrected chi connectivity index (χ1v) is 6.50. The molecule has 1 amide bonds. The van der Waals surface area contributed by atoms with Gasteiger partial charge in [0.15, 0.2) is 0 Å². The predicted molar refractivity (Wildman–Crippen MR) is 66.8 cm³/mol. The zero-order valence-corrected chi connectivity index (χ0v) is 10.9. The largest absolute Gasteiger partial charge is 0.389 e. The summed E-state index contributed by atoms with van der Waals surface area (Å²) in [6.45, 7) is 0.919. The molecule has 0 spiro atoms. The number of amides is 1. The van der Waals surface area contributed by atoms with Gasteiger partial charge < -0.3 is 10.6 Å². The standard InChI is InChI=1S/C12H17F3N4O/c13-12(14,15)5-1-11(20)18-6-2-9(3-7-18)19-8-4-10(16)17-19/h4,8-9H,1-3,5-7H2,(H2,16,17). The molecule has 1 aromatic heterocycles. The highest BCUT2D eigenvalue weighted by atomic mass is 19.4. The quantitative estimate of drug-likeness (QED) is 0.925. The number of piperidine rings is 1. The molecule has 8 heteroatoms. The number of likely N-dealkylation sites (tertiary alicyclic amines) is 1. The van der Waals surface area contributed by atoms with Crippen LogP contribution in [0.3, 0.4) is 0 Å². The Morgan fingerprint density at radius 3 is 2.55 bits per heavy atom. The molecule has 1 fully saturated rings. The molecule has 2 heterocycles. The fourth-order valence-corrected chi connectivity index (χ4v) is 2.34. The zero-order chi connectivity index (χ0) is 14.8. The Labute approximate surface area is 114 Å². The molecule has 0 aliphatic carbocycles. The number of alkyl halides is 3. The molecule has 1 aliphatic heterocycles. The van der Waals surface area contributed by atoms with Crippen LogP contribution in [-0.2, 0) is 4.79 Å². The fraction of sp³-hybridized carbons (Fsp3) is 0.667. The molecule has 20 heavy (non-hydrogen) atoms. The van der Waals surface area contributed by atoms with Crippen molar-refractivity contribution in [3.8, 4) is 0 Å². The minimum Gasteiger partial charge on any atom is -0.382 e. The second-order valence-corrected chi connectivity index (χ2v) is 4.95. The summed E-state index contributed by atoms with van der Waals surface area (Å²) in [7, 11) is 0. The number of hydrogen-bond acceptors (Lipinski definition) is 3. The highest BCUT2D eigenvalue weighted by molar-refractivity contribution is 5.76. The highest BCUT2D eigenvalue weighted by Crippen LogP contribution is 2.25. The summed E-state index contributed by atoms with van der Waals surface area (Å²) < 4.78 is 38.0. The third-order valence-corrected chi connectivity index (χ3v) is 3.44. The van der Waals surface area contributed by atoms with Crippen molar-refractivity contribution in [2.45, 2.75) is 37.9 Å². The van der Waals surface area contributed by atoms with Gasteiger partial charge in [0, 0.05) is 25.7 Å². The predicted octanol–water partition coefficient (Wildman–Crippen LogP) is 1.97. The Morgan fingerprint density at radius 1 is 1.40 bits per heavy atom. The molecule has 0 atom stereocenters. The first-order chi connectivity index (χ1) is 9.35. The van der Waals surface area contributed by atoms with Crippen LogP contribution in [-0.4, -0.2) is 39.9 Å². The van der Waals surface area contributed by atoms with E-state index < -0.39 is 24.9 Å². The van der Waals surface area contributed by atoms with Gasteiger partial charge in [-0.3, -0.25) is 9.48 Å². The van der Waals surface area contributed by atoms with Crippen LogP contribution in [0.4, 0.5) is 19.0 Å². The summed E-state index contributed by atoms with van der Waals surface area (Å²) in [6.07, 6.45) is -2.66. The highest BCUT2D eigenvalue weighted by Gasteiger charge is 2.30. The van der Waals surface area contributed by atoms with E-state index in [1.807, 2.05) is 0 Å². The molecule has 1 aliphatic rings. The first kappa shape index (κ1) is 14.7. The Kier molecular flexibility index (Phi) is 4.20. The van der Waals surface area contributed by atoms with Gasteiger partial charge in [0.25, 0.3) is 0 Å². The van der Waals surface area contributed by atoms with E-state index in [1.165, 1.54) is 4.90 Å². The number of hydrogen-bond donors (Lipinski definition) is 1. The van der Waals surface area contributed by atoms with E-state index in [0.29, 0.717) is 31.7 Å². The summed E-state index contributed by atoms with van der Waals surface area (Å²) in [5.74, 6) is 0.00874. The summed E-state index contributed by atoms with van der Waals surface area (Å²) >= 11 is 0. The number of anilines is 1. The third kappa shape index (κ3) is 3.88. The van der Waals surface area contributed by atoms with Gasteiger partial charge in [-0.2, -0.15) is 18.3 Å². The molecule has 5 nitrogen and oxygen atoms in total. The van der Waals surface area contributed by atoms with Gasteiger partial charge >= 0.3 is 6.18 Å². The monoisotopic (exact) mass is 290 g/mol. The van der Waals surface area contributed by atoms with E-state index in [0.717, 1.165) is 0 Å². The number of rotatable bonds is 3. The van der Waals surface area contributed by atoms with Gasteiger partial charge in [0.05, 0.1) is 12.5 Å². The van der Waals surface area contributed by atoms with Crippen LogP contribution in [0.5, 0.6) is 0 Å². The smallest absolute Gasteiger partial charge is 0.382 e. The Hall–Kier alpha value is -1.73. The second-order valence-electron chi connectivity index (χ2n) is 4.95. The molecule has 0 saturated carbocycles. The first-order valence-electron chi connectivity index (χ1n) is 6.50. The van der Waals surface area contributed by atoms with Crippen molar-refractivity contribution < 1.29 is 18.0 Å². The van der Waals surface area contributed by atoms with Crippen molar-refractivity contribution in [2.75, 3.05) is 18.8 Å². The number of carbonyl (C=O) groups excluding carboxylic acids is 1. The number of nitrogens with two attached hydrogens (primary N) is 1. The number of halogens is 3. The topological polar surface area (TPSA) is 64.2 Å². The Morgan fingerprint density at radius 2 is 2.05 bits per heavy atom. The Bertz CT molecular complexity index is 464. The minimum atomic E-state index is -4.28. The lowest BCUT2D eigenvalue weighted by molar-refractivity contribution is -0.149. The molecule has 0 unspecified atom stereocenters. The maximum Gasteiger partial charge on any atom is 0.389 e. The van der Waals surface area contributed by atoms with E-state index >= 15 is 0 Å². The van der Waals surface area contributed by atoms with Gasteiger partial charge in [-0.15, -0.1) is 0 Å². The van der Waals surface area contributed by atoms with E-state index in [-0.39, 0.29) is 6.04 Å². The number of carbonyl (C=O) groups is 1. The van der Waals surface area contributed by atoms with Crippen LogP contribution in [0.25, 0.3) is 0 Å². The summed E-state index contributed by atoms with van der Waals surface area (Å²) in [5.41, 5.74) is 5.54. The van der Waals surface area contributed by atoms with E-state index in [9.17, 15) is 18.0 Å². The summed E-state index contributed by atoms with van der Waals surface area (Å²) in [5, 5.41) is 4.12. The van der Waals surface area contributed by atoms with E-state index in [1.54, 1.807) is 16.9 Å². The molecule has 112 valence electrons. The average molecular weight is 290 g/mol. The lowest BCUT2D eigenvalue weighted by Gasteiger charge is -2.32. The molecule has 1 saturated heterocycles. The molecule has 2 N–H and O–H groups in total. The molecular formula is C12H17F3N4O. The van der Waals surface area contributed by atoms with Crippen LogP contribution in [0.1, 0.15) is 31.7 Å². The van der Waals surface area contributed by atoms with Crippen LogP contribution in [0.15, 0.2) is 12.3 Å². The maximum absolute atomic E-state index is 12.1. The van der Waals surface area contributed by atoms with Gasteiger partial charge in [0.2, 0.25) is 5.91 Å². The van der Waals surface area contributed by atoms with E-state index in [2.05, 4.69) is 5.10 Å². The molecule has 0 bridgehead atoms. The van der Waals surface area contributed by atoms with Gasteiger partial charge in [-0.05, 0) is 18.9 Å². The van der Waals surface area contributed by atoms with Crippen molar-refractivity contribution in [3.05, 3.63) is 12.3 Å². The number of nitrogen functional groups attached to an aromatic ring is 1. The average Bonchev–Trinajstić information content (AvgIpc) is 2.82. The second kappa shape index (κ2) is 5.72. The molecule has 0 aromatic carbocycles. The summed E-state index contributed by atoms with van der Waals surface area (Å²) in [6, 6.07) is 1.85. The Balaban J connectivity index is 1.80. The van der Waals surface area contributed by atoms with Crippen molar-refractivity contribution in [3.63, 3.8) is 0 Å². The van der Waals surface area contributed by atoms with E-state index in [4.69, 9.17) is 5.73 Å². The van der Waals surface area contributed by atoms with Gasteiger partial charge in [-0.25, -0.2) is 0 Å². The zero-order valence-electron chi connectivity index (χ0n) is 10.9. The van der Waals surface area contributed by atoms with Crippen LogP contribution < -0.4 is 5.73 Å². The molecular weight excluding hydrogens is 273 g/mol. The normalized spacial score (nSPS) is 17.4. The van der Waals surface area contributed by atoms with Crippen molar-refractivity contribution in [2.24, 2.45) is 0 Å². The molecule has 2 rings (SSSR count). The minimum absolute atomic E-state index is 0.152. The lowest BCUT2D eigenvalue weighted by Crippen LogP contribution is -2.39. The number of aromatic nitrogens is 2. The SMILES string of the molecule is Nc1ccn(C2CCN(C(=O)CCC(F)(F)F)CC2)n1. The van der Waals surface area contributed by atoms with Crippen molar-refractivity contribution >= 4 is 11.7 Å². The fourth-order valence-electron chi connectivity index (χ4n) is 2.34. The van der Waals surface area contributed by atoms with Crippen molar-refractivity contribution in [1.82, 2.24) is 14.7 Å². The van der Waals surface area contributed by atoms with Crippen LogP contribution in [0, 0.1) is 0 Å². The lowest BCUT2D eigenvalue weighted by atomic mass is 10.0.